The van der Waals surface area contributed by atoms with Crippen molar-refractivity contribution >= 4 is 23.3 Å². The monoisotopic (exact) mass is 296 g/mol. The highest BCUT2D eigenvalue weighted by Gasteiger charge is 2.35. The van der Waals surface area contributed by atoms with Crippen molar-refractivity contribution in [3.8, 4) is 0 Å². The SMILES string of the molecule is CC(C)C(NC(=O)N1CCCC1C(=O)O)c1cccs1. The first kappa shape index (κ1) is 14.8. The Balaban J connectivity index is 2.07. The number of nitrogens with zero attached hydrogens (tertiary/aromatic N) is 1. The number of likely N-dealkylation sites (tertiary alicyclic amines) is 1. The lowest BCUT2D eigenvalue weighted by Crippen LogP contribution is -2.47. The number of hydrogen-bond donors (Lipinski definition) is 2. The minimum Gasteiger partial charge on any atom is -0.480 e. The number of amides is 2. The zero-order chi connectivity index (χ0) is 14.7. The summed E-state index contributed by atoms with van der Waals surface area (Å²) in [4.78, 5) is 26.0. The van der Waals surface area contributed by atoms with Gasteiger partial charge in [-0.25, -0.2) is 9.59 Å². The van der Waals surface area contributed by atoms with Gasteiger partial charge in [-0.2, -0.15) is 0 Å². The molecule has 1 aliphatic rings. The summed E-state index contributed by atoms with van der Waals surface area (Å²) in [6.45, 7) is 4.60. The van der Waals surface area contributed by atoms with E-state index in [4.69, 9.17) is 5.11 Å². The van der Waals surface area contributed by atoms with Gasteiger partial charge in [0.1, 0.15) is 6.04 Å². The predicted molar refractivity (Wildman–Crippen MR) is 77.8 cm³/mol. The molecule has 2 rings (SSSR count). The molecular formula is C14H20N2O3S. The van der Waals surface area contributed by atoms with Crippen LogP contribution in [0.25, 0.3) is 0 Å². The lowest BCUT2D eigenvalue weighted by Gasteiger charge is -2.27. The molecule has 0 aromatic carbocycles. The summed E-state index contributed by atoms with van der Waals surface area (Å²) in [5, 5.41) is 14.1. The van der Waals surface area contributed by atoms with Gasteiger partial charge >= 0.3 is 12.0 Å². The van der Waals surface area contributed by atoms with Gasteiger partial charge in [0.2, 0.25) is 0 Å². The molecular weight excluding hydrogens is 276 g/mol. The molecule has 20 heavy (non-hydrogen) atoms. The second kappa shape index (κ2) is 6.26. The highest BCUT2D eigenvalue weighted by atomic mass is 32.1. The summed E-state index contributed by atoms with van der Waals surface area (Å²) in [6.07, 6.45) is 1.28. The van der Waals surface area contributed by atoms with E-state index >= 15 is 0 Å². The van der Waals surface area contributed by atoms with Gasteiger partial charge in [0.25, 0.3) is 0 Å². The van der Waals surface area contributed by atoms with Crippen LogP contribution in [0.15, 0.2) is 17.5 Å². The minimum atomic E-state index is -0.921. The van der Waals surface area contributed by atoms with Gasteiger partial charge in [-0.05, 0) is 30.2 Å². The van der Waals surface area contributed by atoms with Crippen LogP contribution in [0.3, 0.4) is 0 Å². The molecule has 2 heterocycles. The lowest BCUT2D eigenvalue weighted by molar-refractivity contribution is -0.141. The normalized spacial score (nSPS) is 20.1. The molecule has 1 saturated heterocycles. The third-order valence-electron chi connectivity index (χ3n) is 3.59. The molecule has 110 valence electrons. The minimum absolute atomic E-state index is 0.0717. The zero-order valence-corrected chi connectivity index (χ0v) is 12.5. The van der Waals surface area contributed by atoms with Crippen molar-refractivity contribution in [3.05, 3.63) is 22.4 Å². The van der Waals surface area contributed by atoms with Crippen LogP contribution in [0.5, 0.6) is 0 Å². The molecule has 0 aliphatic carbocycles. The Morgan fingerprint density at radius 2 is 2.25 bits per heavy atom. The van der Waals surface area contributed by atoms with Crippen molar-refractivity contribution in [2.75, 3.05) is 6.54 Å². The maximum Gasteiger partial charge on any atom is 0.326 e. The third-order valence-corrected chi connectivity index (χ3v) is 4.55. The van der Waals surface area contributed by atoms with Crippen LogP contribution < -0.4 is 5.32 Å². The van der Waals surface area contributed by atoms with Crippen LogP contribution in [0.1, 0.15) is 37.6 Å². The van der Waals surface area contributed by atoms with Crippen molar-refractivity contribution in [1.29, 1.82) is 0 Å². The van der Waals surface area contributed by atoms with Gasteiger partial charge in [0.15, 0.2) is 0 Å². The molecule has 1 aromatic rings. The van der Waals surface area contributed by atoms with Crippen LogP contribution in [0, 0.1) is 5.92 Å². The first-order valence-corrected chi connectivity index (χ1v) is 7.72. The fourth-order valence-corrected chi connectivity index (χ4v) is 3.47. The Bertz CT molecular complexity index is 473. The highest BCUT2D eigenvalue weighted by molar-refractivity contribution is 7.10. The van der Waals surface area contributed by atoms with E-state index in [1.165, 1.54) is 4.90 Å². The maximum absolute atomic E-state index is 12.3. The number of aliphatic carboxylic acids is 1. The summed E-state index contributed by atoms with van der Waals surface area (Å²) in [5.41, 5.74) is 0. The Labute approximate surface area is 122 Å². The molecule has 2 atom stereocenters. The number of rotatable bonds is 4. The van der Waals surface area contributed by atoms with E-state index in [9.17, 15) is 9.59 Å². The zero-order valence-electron chi connectivity index (χ0n) is 11.7. The Kier molecular flexibility index (Phi) is 4.65. The van der Waals surface area contributed by atoms with E-state index in [0.29, 0.717) is 13.0 Å². The molecule has 0 radical (unpaired) electrons. The Hall–Kier alpha value is -1.56. The Morgan fingerprint density at radius 3 is 2.80 bits per heavy atom. The summed E-state index contributed by atoms with van der Waals surface area (Å²) >= 11 is 1.60. The van der Waals surface area contributed by atoms with Gasteiger partial charge in [0.05, 0.1) is 6.04 Å². The van der Waals surface area contributed by atoms with Crippen LogP contribution in [-0.4, -0.2) is 34.6 Å². The Morgan fingerprint density at radius 1 is 1.50 bits per heavy atom. The van der Waals surface area contributed by atoms with Gasteiger partial charge in [-0.1, -0.05) is 19.9 Å². The third kappa shape index (κ3) is 3.12. The molecule has 6 heteroatoms. The van der Waals surface area contributed by atoms with Crippen molar-refractivity contribution < 1.29 is 14.7 Å². The quantitative estimate of drug-likeness (QED) is 0.897. The first-order valence-electron chi connectivity index (χ1n) is 6.84. The number of thiophene rings is 1. The molecule has 1 aromatic heterocycles. The van der Waals surface area contributed by atoms with E-state index in [1.54, 1.807) is 11.3 Å². The number of carboxylic acid groups (broad SMARTS) is 1. The first-order chi connectivity index (χ1) is 9.50. The average molecular weight is 296 g/mol. The van der Waals surface area contributed by atoms with E-state index in [1.807, 2.05) is 31.4 Å². The molecule has 0 bridgehead atoms. The van der Waals surface area contributed by atoms with Crippen molar-refractivity contribution in [1.82, 2.24) is 10.2 Å². The van der Waals surface area contributed by atoms with Gasteiger partial charge in [0, 0.05) is 11.4 Å². The number of nitrogens with one attached hydrogen (secondary N) is 1. The largest absolute Gasteiger partial charge is 0.480 e. The smallest absolute Gasteiger partial charge is 0.326 e. The molecule has 1 aliphatic heterocycles. The number of carboxylic acids is 1. The maximum atomic E-state index is 12.3. The lowest BCUT2D eigenvalue weighted by atomic mass is 10.0. The molecule has 0 spiro atoms. The molecule has 1 fully saturated rings. The van der Waals surface area contributed by atoms with E-state index in [-0.39, 0.29) is 18.0 Å². The number of carbonyl (C=O) groups is 2. The summed E-state index contributed by atoms with van der Waals surface area (Å²) in [7, 11) is 0. The topological polar surface area (TPSA) is 69.6 Å². The van der Waals surface area contributed by atoms with E-state index < -0.39 is 12.0 Å². The van der Waals surface area contributed by atoms with Gasteiger partial charge in [-0.3, -0.25) is 0 Å². The number of urea groups is 1. The fraction of sp³-hybridized carbons (Fsp3) is 0.571. The van der Waals surface area contributed by atoms with Crippen LogP contribution in [-0.2, 0) is 4.79 Å². The van der Waals surface area contributed by atoms with Crippen molar-refractivity contribution in [2.24, 2.45) is 5.92 Å². The van der Waals surface area contributed by atoms with E-state index in [0.717, 1.165) is 11.3 Å². The van der Waals surface area contributed by atoms with Crippen LogP contribution in [0.2, 0.25) is 0 Å². The van der Waals surface area contributed by atoms with Crippen molar-refractivity contribution in [2.45, 2.75) is 38.8 Å². The van der Waals surface area contributed by atoms with E-state index in [2.05, 4.69) is 5.32 Å². The fourth-order valence-electron chi connectivity index (χ4n) is 2.52. The molecule has 2 amide bonds. The second-order valence-electron chi connectivity index (χ2n) is 5.38. The van der Waals surface area contributed by atoms with Crippen LogP contribution >= 0.6 is 11.3 Å². The number of carbonyl (C=O) groups excluding carboxylic acids is 1. The van der Waals surface area contributed by atoms with Crippen LogP contribution in [0.4, 0.5) is 4.79 Å². The molecule has 5 nitrogen and oxygen atoms in total. The van der Waals surface area contributed by atoms with Gasteiger partial charge < -0.3 is 15.3 Å². The molecule has 2 N–H and O–H groups in total. The average Bonchev–Trinajstić information content (AvgIpc) is 3.05. The molecule has 2 unspecified atom stereocenters. The second-order valence-corrected chi connectivity index (χ2v) is 6.36. The predicted octanol–water partition coefficient (Wildman–Crippen LogP) is 2.70. The standard InChI is InChI=1S/C14H20N2O3S/c1-9(2)12(11-6-4-8-20-11)15-14(19)16-7-3-5-10(16)13(17)18/h4,6,8-10,12H,3,5,7H2,1-2H3,(H,15,19)(H,17,18). The van der Waals surface area contributed by atoms with Crippen molar-refractivity contribution in [3.63, 3.8) is 0 Å². The summed E-state index contributed by atoms with van der Waals surface area (Å²) in [6, 6.07) is 2.91. The van der Waals surface area contributed by atoms with Gasteiger partial charge in [-0.15, -0.1) is 11.3 Å². The molecule has 0 saturated carbocycles. The summed E-state index contributed by atoms with van der Waals surface area (Å²) < 4.78 is 0. The number of hydrogen-bond acceptors (Lipinski definition) is 3. The highest BCUT2D eigenvalue weighted by Crippen LogP contribution is 2.27. The summed E-state index contributed by atoms with van der Waals surface area (Å²) in [5.74, 6) is -0.668.